The maximum atomic E-state index is 10.7. The van der Waals surface area contributed by atoms with Gasteiger partial charge in [-0.1, -0.05) is 5.57 Å². The first kappa shape index (κ1) is 7.80. The molecule has 0 fully saturated rings. The molecule has 0 bridgehead atoms. The van der Waals surface area contributed by atoms with Gasteiger partial charge in [-0.05, 0) is 44.2 Å². The molecule has 0 radical (unpaired) electrons. The van der Waals surface area contributed by atoms with Gasteiger partial charge in [-0.3, -0.25) is 4.79 Å². The maximum absolute atomic E-state index is 10.7. The van der Waals surface area contributed by atoms with Gasteiger partial charge in [0.15, 0.2) is 0 Å². The molecule has 0 saturated heterocycles. The lowest BCUT2D eigenvalue weighted by Crippen LogP contribution is -2.02. The first-order valence-electron chi connectivity index (χ1n) is 3.60. The summed E-state index contributed by atoms with van der Waals surface area (Å²) >= 11 is 5.35. The Morgan fingerprint density at radius 3 is 2.40 bits per heavy atom. The summed E-state index contributed by atoms with van der Waals surface area (Å²) in [6.45, 7) is 1.99. The third-order valence-corrected chi connectivity index (χ3v) is 2.21. The zero-order valence-corrected chi connectivity index (χ0v) is 6.87. The summed E-state index contributed by atoms with van der Waals surface area (Å²) in [5.41, 5.74) is 2.04. The smallest absolute Gasteiger partial charge is 0.248 e. The normalized spacial score (nSPS) is 19.4. The largest absolute Gasteiger partial charge is 0.276 e. The fourth-order valence-electron chi connectivity index (χ4n) is 1.32. The van der Waals surface area contributed by atoms with Gasteiger partial charge in [0.05, 0.1) is 0 Å². The van der Waals surface area contributed by atoms with Gasteiger partial charge in [0.25, 0.3) is 0 Å². The molecule has 10 heavy (non-hydrogen) atoms. The first-order valence-corrected chi connectivity index (χ1v) is 3.98. The second-order valence-electron chi connectivity index (χ2n) is 2.74. The van der Waals surface area contributed by atoms with Crippen LogP contribution in [0.4, 0.5) is 0 Å². The van der Waals surface area contributed by atoms with Crippen molar-refractivity contribution in [1.82, 2.24) is 0 Å². The van der Waals surface area contributed by atoms with Crippen LogP contribution < -0.4 is 0 Å². The average Bonchev–Trinajstić information content (AvgIpc) is 1.88. The van der Waals surface area contributed by atoms with Crippen molar-refractivity contribution in [3.8, 4) is 0 Å². The standard InChI is InChI=1S/C8H11ClO/c1-6-4-2-3-5-7(6)8(9)10/h2-5H2,1H3. The van der Waals surface area contributed by atoms with Crippen LogP contribution in [-0.2, 0) is 4.79 Å². The minimum atomic E-state index is -0.253. The Morgan fingerprint density at radius 1 is 1.40 bits per heavy atom. The van der Waals surface area contributed by atoms with Crippen LogP contribution in [0.3, 0.4) is 0 Å². The Bertz CT molecular complexity index is 182. The van der Waals surface area contributed by atoms with E-state index in [2.05, 4.69) is 0 Å². The lowest BCUT2D eigenvalue weighted by Gasteiger charge is -2.13. The van der Waals surface area contributed by atoms with Crippen molar-refractivity contribution in [3.63, 3.8) is 0 Å². The molecule has 0 aromatic heterocycles. The highest BCUT2D eigenvalue weighted by Crippen LogP contribution is 2.25. The molecule has 0 heterocycles. The van der Waals surface area contributed by atoms with Crippen molar-refractivity contribution in [1.29, 1.82) is 0 Å². The van der Waals surface area contributed by atoms with Crippen molar-refractivity contribution < 1.29 is 4.79 Å². The van der Waals surface area contributed by atoms with Gasteiger partial charge >= 0.3 is 0 Å². The number of hydrogen-bond donors (Lipinski definition) is 0. The molecule has 0 aliphatic heterocycles. The molecule has 0 atom stereocenters. The van der Waals surface area contributed by atoms with Crippen molar-refractivity contribution in [2.24, 2.45) is 0 Å². The third kappa shape index (κ3) is 1.60. The predicted molar refractivity (Wildman–Crippen MR) is 42.0 cm³/mol. The Kier molecular flexibility index (Phi) is 2.50. The molecule has 1 aliphatic rings. The fourth-order valence-corrected chi connectivity index (χ4v) is 1.58. The molecular weight excluding hydrogens is 148 g/mol. The number of carbonyl (C=O) groups is 1. The van der Waals surface area contributed by atoms with Crippen molar-refractivity contribution in [2.45, 2.75) is 32.6 Å². The Hall–Kier alpha value is -0.300. The van der Waals surface area contributed by atoms with E-state index in [1.54, 1.807) is 0 Å². The molecule has 56 valence electrons. The summed E-state index contributed by atoms with van der Waals surface area (Å²) in [4.78, 5) is 10.7. The average molecular weight is 159 g/mol. The van der Waals surface area contributed by atoms with E-state index >= 15 is 0 Å². The molecule has 0 aromatic rings. The van der Waals surface area contributed by atoms with Crippen LogP contribution in [0.15, 0.2) is 11.1 Å². The second-order valence-corrected chi connectivity index (χ2v) is 3.08. The van der Waals surface area contributed by atoms with Crippen LogP contribution in [-0.4, -0.2) is 5.24 Å². The van der Waals surface area contributed by atoms with Crippen molar-refractivity contribution in [2.75, 3.05) is 0 Å². The predicted octanol–water partition coefficient (Wildman–Crippen LogP) is 2.64. The summed E-state index contributed by atoms with van der Waals surface area (Å²) < 4.78 is 0. The first-order chi connectivity index (χ1) is 4.72. The molecule has 1 aliphatic carbocycles. The summed E-state index contributed by atoms with van der Waals surface area (Å²) in [6, 6.07) is 0. The molecule has 0 saturated carbocycles. The molecular formula is C8H11ClO. The zero-order chi connectivity index (χ0) is 7.56. The van der Waals surface area contributed by atoms with Crippen LogP contribution in [0, 0.1) is 0 Å². The molecule has 0 unspecified atom stereocenters. The summed E-state index contributed by atoms with van der Waals surface area (Å²) in [7, 11) is 0. The molecule has 2 heteroatoms. The van der Waals surface area contributed by atoms with E-state index < -0.39 is 0 Å². The van der Waals surface area contributed by atoms with Crippen molar-refractivity contribution in [3.05, 3.63) is 11.1 Å². The number of allylic oxidation sites excluding steroid dienone is 2. The minimum Gasteiger partial charge on any atom is -0.276 e. The Labute approximate surface area is 66.1 Å². The molecule has 0 aromatic carbocycles. The second kappa shape index (κ2) is 3.20. The minimum absolute atomic E-state index is 0.253. The molecule has 0 spiro atoms. The topological polar surface area (TPSA) is 17.1 Å². The highest BCUT2D eigenvalue weighted by molar-refractivity contribution is 6.67. The molecule has 0 N–H and O–H groups in total. The van der Waals surface area contributed by atoms with Crippen LogP contribution >= 0.6 is 11.6 Å². The van der Waals surface area contributed by atoms with E-state index in [0.717, 1.165) is 24.8 Å². The van der Waals surface area contributed by atoms with Gasteiger partial charge in [-0.15, -0.1) is 0 Å². The number of hydrogen-bond acceptors (Lipinski definition) is 1. The number of halogens is 1. The summed E-state index contributed by atoms with van der Waals surface area (Å²) in [5, 5.41) is -0.253. The fraction of sp³-hybridized carbons (Fsp3) is 0.625. The zero-order valence-electron chi connectivity index (χ0n) is 6.11. The molecule has 0 amide bonds. The van der Waals surface area contributed by atoms with Crippen LogP contribution in [0.2, 0.25) is 0 Å². The van der Waals surface area contributed by atoms with Gasteiger partial charge in [0.1, 0.15) is 0 Å². The maximum Gasteiger partial charge on any atom is 0.248 e. The van der Waals surface area contributed by atoms with E-state index in [4.69, 9.17) is 11.6 Å². The van der Waals surface area contributed by atoms with Crippen molar-refractivity contribution >= 4 is 16.8 Å². The lowest BCUT2D eigenvalue weighted by atomic mass is 9.94. The van der Waals surface area contributed by atoms with Gasteiger partial charge in [0, 0.05) is 5.57 Å². The van der Waals surface area contributed by atoms with E-state index in [0.29, 0.717) is 0 Å². The van der Waals surface area contributed by atoms with Crippen LogP contribution in [0.5, 0.6) is 0 Å². The Balaban J connectivity index is 2.78. The van der Waals surface area contributed by atoms with E-state index in [9.17, 15) is 4.79 Å². The van der Waals surface area contributed by atoms with E-state index in [1.807, 2.05) is 6.92 Å². The van der Waals surface area contributed by atoms with Gasteiger partial charge in [-0.25, -0.2) is 0 Å². The summed E-state index contributed by atoms with van der Waals surface area (Å²) in [5.74, 6) is 0. The third-order valence-electron chi connectivity index (χ3n) is 1.98. The summed E-state index contributed by atoms with van der Waals surface area (Å²) in [6.07, 6.45) is 4.26. The monoisotopic (exact) mass is 158 g/mol. The highest BCUT2D eigenvalue weighted by atomic mass is 35.5. The highest BCUT2D eigenvalue weighted by Gasteiger charge is 2.13. The van der Waals surface area contributed by atoms with Crippen LogP contribution in [0.25, 0.3) is 0 Å². The quantitative estimate of drug-likeness (QED) is 0.537. The van der Waals surface area contributed by atoms with E-state index in [-0.39, 0.29) is 5.24 Å². The van der Waals surface area contributed by atoms with Crippen LogP contribution in [0.1, 0.15) is 32.6 Å². The number of rotatable bonds is 1. The van der Waals surface area contributed by atoms with Gasteiger partial charge in [0.2, 0.25) is 5.24 Å². The SMILES string of the molecule is CC1=C(C(=O)Cl)CCCC1. The lowest BCUT2D eigenvalue weighted by molar-refractivity contribution is -0.108. The Morgan fingerprint density at radius 2 is 2.00 bits per heavy atom. The molecule has 1 rings (SSSR count). The van der Waals surface area contributed by atoms with E-state index in [1.165, 1.54) is 12.0 Å². The molecule has 1 nitrogen and oxygen atoms in total. The van der Waals surface area contributed by atoms with Gasteiger partial charge < -0.3 is 0 Å². The van der Waals surface area contributed by atoms with Gasteiger partial charge in [-0.2, -0.15) is 0 Å². The number of carbonyl (C=O) groups excluding carboxylic acids is 1.